The van der Waals surface area contributed by atoms with Gasteiger partial charge in [0.1, 0.15) is 12.1 Å². The second-order valence-corrected chi connectivity index (χ2v) is 6.48. The van der Waals surface area contributed by atoms with Gasteiger partial charge in [-0.2, -0.15) is 0 Å². The zero-order valence-electron chi connectivity index (χ0n) is 11.6. The molecule has 2 aliphatic rings. The second kappa shape index (κ2) is 4.88. The van der Waals surface area contributed by atoms with Gasteiger partial charge in [0.05, 0.1) is 0 Å². The minimum absolute atomic E-state index is 0.0482. The number of amides is 2. The third-order valence-electron chi connectivity index (χ3n) is 4.11. The van der Waals surface area contributed by atoms with Crippen LogP contribution in [0.4, 0.5) is 5.69 Å². The molecule has 0 radical (unpaired) electrons. The molecule has 2 unspecified atom stereocenters. The number of fused-ring (bicyclic) bond motifs is 1. The maximum atomic E-state index is 12.7. The van der Waals surface area contributed by atoms with Crippen molar-refractivity contribution in [3.05, 3.63) is 28.2 Å². The maximum Gasteiger partial charge on any atom is 0.250 e. The van der Waals surface area contributed by atoms with Gasteiger partial charge in [-0.15, -0.1) is 0 Å². The lowest BCUT2D eigenvalue weighted by Gasteiger charge is -2.41. The van der Waals surface area contributed by atoms with Crippen LogP contribution in [0.5, 0.6) is 0 Å². The summed E-state index contributed by atoms with van der Waals surface area (Å²) in [5.41, 5.74) is 1.87. The molecule has 2 fully saturated rings. The van der Waals surface area contributed by atoms with Crippen molar-refractivity contribution in [1.82, 2.24) is 4.90 Å². The van der Waals surface area contributed by atoms with Crippen LogP contribution in [-0.2, 0) is 9.59 Å². The number of hydrogen-bond donors (Lipinski definition) is 0. The first-order valence-corrected chi connectivity index (χ1v) is 7.69. The van der Waals surface area contributed by atoms with Crippen LogP contribution < -0.4 is 4.90 Å². The molecule has 0 N–H and O–H groups in total. The Bertz CT molecular complexity index is 567. The fraction of sp³-hybridized carbons (Fsp3) is 0.467. The summed E-state index contributed by atoms with van der Waals surface area (Å²) in [6.07, 6.45) is 1.70. The number of nitrogens with zero attached hydrogens (tertiary/aromatic N) is 2. The van der Waals surface area contributed by atoms with E-state index >= 15 is 0 Å². The molecule has 0 aromatic heterocycles. The third-order valence-corrected chi connectivity index (χ3v) is 4.57. The van der Waals surface area contributed by atoms with Crippen LogP contribution in [0.3, 0.4) is 0 Å². The van der Waals surface area contributed by atoms with Gasteiger partial charge in [0.25, 0.3) is 5.91 Å². The topological polar surface area (TPSA) is 40.6 Å². The van der Waals surface area contributed by atoms with Gasteiger partial charge in [-0.3, -0.25) is 14.5 Å². The van der Waals surface area contributed by atoms with Gasteiger partial charge >= 0.3 is 0 Å². The lowest BCUT2D eigenvalue weighted by atomic mass is 10.0. The molecule has 5 heteroatoms. The molecule has 1 aromatic rings. The second-order valence-electron chi connectivity index (χ2n) is 5.56. The van der Waals surface area contributed by atoms with E-state index < -0.39 is 6.04 Å². The molecule has 2 aliphatic heterocycles. The summed E-state index contributed by atoms with van der Waals surface area (Å²) < 4.78 is 0.925. The van der Waals surface area contributed by atoms with Gasteiger partial charge in [-0.1, -0.05) is 15.9 Å². The number of rotatable bonds is 1. The van der Waals surface area contributed by atoms with E-state index in [1.54, 1.807) is 9.80 Å². The Hall–Kier alpha value is -1.36. The molecule has 3 rings (SSSR count). The molecule has 106 valence electrons. The first-order valence-electron chi connectivity index (χ1n) is 6.90. The zero-order chi connectivity index (χ0) is 14.4. The monoisotopic (exact) mass is 336 g/mol. The number of carbonyl (C=O) groups excluding carboxylic acids is 2. The van der Waals surface area contributed by atoms with E-state index in [1.165, 1.54) is 0 Å². The number of hydrogen-bond acceptors (Lipinski definition) is 2. The van der Waals surface area contributed by atoms with Gasteiger partial charge in [0, 0.05) is 16.7 Å². The maximum absolute atomic E-state index is 12.7. The normalized spacial score (nSPS) is 26.1. The van der Waals surface area contributed by atoms with Crippen molar-refractivity contribution in [2.45, 2.75) is 38.8 Å². The molecule has 20 heavy (non-hydrogen) atoms. The van der Waals surface area contributed by atoms with E-state index in [0.717, 1.165) is 28.6 Å². The number of anilines is 1. The smallest absolute Gasteiger partial charge is 0.250 e. The van der Waals surface area contributed by atoms with Crippen LogP contribution in [-0.4, -0.2) is 35.3 Å². The minimum atomic E-state index is -0.425. The highest BCUT2D eigenvalue weighted by Crippen LogP contribution is 2.32. The predicted octanol–water partition coefficient (Wildman–Crippen LogP) is 2.48. The summed E-state index contributed by atoms with van der Waals surface area (Å²) in [7, 11) is 0. The molecule has 0 aliphatic carbocycles. The van der Waals surface area contributed by atoms with Crippen LogP contribution in [0.1, 0.15) is 25.3 Å². The van der Waals surface area contributed by atoms with E-state index in [4.69, 9.17) is 0 Å². The molecule has 2 atom stereocenters. The zero-order valence-corrected chi connectivity index (χ0v) is 13.2. The van der Waals surface area contributed by atoms with Crippen molar-refractivity contribution in [1.29, 1.82) is 0 Å². The van der Waals surface area contributed by atoms with Crippen LogP contribution in [0.25, 0.3) is 0 Å². The molecule has 2 saturated heterocycles. The largest absolute Gasteiger partial charge is 0.329 e. The summed E-state index contributed by atoms with van der Waals surface area (Å²) >= 11 is 3.46. The van der Waals surface area contributed by atoms with E-state index in [-0.39, 0.29) is 17.9 Å². The summed E-state index contributed by atoms with van der Waals surface area (Å²) in [6, 6.07) is 5.16. The molecular formula is C15H17BrN2O2. The Kier molecular flexibility index (Phi) is 3.32. The molecule has 0 spiro atoms. The summed E-state index contributed by atoms with van der Waals surface area (Å²) in [5, 5.41) is 0. The van der Waals surface area contributed by atoms with Crippen molar-refractivity contribution in [3.63, 3.8) is 0 Å². The molecule has 0 saturated carbocycles. The Morgan fingerprint density at radius 2 is 1.95 bits per heavy atom. The number of piperazine rings is 1. The Morgan fingerprint density at radius 1 is 1.20 bits per heavy atom. The van der Waals surface area contributed by atoms with Crippen molar-refractivity contribution in [3.8, 4) is 0 Å². The van der Waals surface area contributed by atoms with Gasteiger partial charge in [-0.05, 0) is 50.5 Å². The molecule has 1 aromatic carbocycles. The van der Waals surface area contributed by atoms with E-state index in [2.05, 4.69) is 15.9 Å². The lowest BCUT2D eigenvalue weighted by molar-refractivity contribution is -0.143. The Morgan fingerprint density at radius 3 is 2.65 bits per heavy atom. The number of aryl methyl sites for hydroxylation is 1. The molecule has 0 bridgehead atoms. The first-order chi connectivity index (χ1) is 9.49. The summed E-state index contributed by atoms with van der Waals surface area (Å²) in [4.78, 5) is 28.5. The summed E-state index contributed by atoms with van der Waals surface area (Å²) in [5.74, 6) is 0.108. The number of carbonyl (C=O) groups is 2. The summed E-state index contributed by atoms with van der Waals surface area (Å²) in [6.45, 7) is 4.51. The van der Waals surface area contributed by atoms with E-state index in [0.29, 0.717) is 6.54 Å². The highest BCUT2D eigenvalue weighted by Gasteiger charge is 2.46. The quantitative estimate of drug-likeness (QED) is 0.790. The molecule has 2 heterocycles. The van der Waals surface area contributed by atoms with Gasteiger partial charge in [0.2, 0.25) is 5.91 Å². The minimum Gasteiger partial charge on any atom is -0.329 e. The third kappa shape index (κ3) is 2.04. The first kappa shape index (κ1) is 13.6. The van der Waals surface area contributed by atoms with Crippen molar-refractivity contribution in [2.24, 2.45) is 0 Å². The van der Waals surface area contributed by atoms with Crippen LogP contribution in [0.15, 0.2) is 22.7 Å². The van der Waals surface area contributed by atoms with Gasteiger partial charge in [0.15, 0.2) is 0 Å². The average Bonchev–Trinajstić information content (AvgIpc) is 2.85. The Labute approximate surface area is 126 Å². The van der Waals surface area contributed by atoms with Crippen LogP contribution in [0.2, 0.25) is 0 Å². The highest BCUT2D eigenvalue weighted by atomic mass is 79.9. The van der Waals surface area contributed by atoms with Crippen molar-refractivity contribution >= 4 is 33.4 Å². The fourth-order valence-corrected chi connectivity index (χ4v) is 3.79. The van der Waals surface area contributed by atoms with Crippen molar-refractivity contribution in [2.75, 3.05) is 11.4 Å². The van der Waals surface area contributed by atoms with Gasteiger partial charge < -0.3 is 4.90 Å². The Balaban J connectivity index is 2.03. The average molecular weight is 337 g/mol. The van der Waals surface area contributed by atoms with Gasteiger partial charge in [-0.25, -0.2) is 0 Å². The van der Waals surface area contributed by atoms with E-state index in [1.807, 2.05) is 32.0 Å². The van der Waals surface area contributed by atoms with Crippen LogP contribution >= 0.6 is 15.9 Å². The van der Waals surface area contributed by atoms with Crippen LogP contribution in [0, 0.1) is 6.92 Å². The molecular weight excluding hydrogens is 320 g/mol. The van der Waals surface area contributed by atoms with Crippen molar-refractivity contribution < 1.29 is 9.59 Å². The highest BCUT2D eigenvalue weighted by molar-refractivity contribution is 9.10. The lowest BCUT2D eigenvalue weighted by Crippen LogP contribution is -2.62. The van der Waals surface area contributed by atoms with E-state index in [9.17, 15) is 9.59 Å². The standard InChI is InChI=1S/C15H17BrN2O2/c1-9-6-11(16)8-12(7-9)18-10(2)14(19)17-5-3-4-13(17)15(18)20/h6-8,10,13H,3-5H2,1-2H3. The number of halogens is 1. The predicted molar refractivity (Wildman–Crippen MR) is 80.6 cm³/mol. The number of benzene rings is 1. The molecule has 4 nitrogen and oxygen atoms in total. The molecule has 2 amide bonds. The fourth-order valence-electron chi connectivity index (χ4n) is 3.20. The SMILES string of the molecule is Cc1cc(Br)cc(N2C(=O)C3CCCN3C(=O)C2C)c1.